The fourth-order valence-electron chi connectivity index (χ4n) is 5.06. The van der Waals surface area contributed by atoms with Crippen molar-refractivity contribution >= 4 is 5.91 Å². The Kier molecular flexibility index (Phi) is 10.2. The quantitative estimate of drug-likeness (QED) is 0.150. The fourth-order valence-corrected chi connectivity index (χ4v) is 5.06. The maximum atomic E-state index is 13.1. The summed E-state index contributed by atoms with van der Waals surface area (Å²) in [6, 6.07) is 17.1. The minimum Gasteiger partial charge on any atom is -0.474 e. The van der Waals surface area contributed by atoms with Crippen LogP contribution in [0.15, 0.2) is 85.8 Å². The zero-order valence-corrected chi connectivity index (χ0v) is 22.9. The van der Waals surface area contributed by atoms with Crippen LogP contribution in [0.1, 0.15) is 82.8 Å². The first-order chi connectivity index (χ1) is 17.7. The van der Waals surface area contributed by atoms with Crippen molar-refractivity contribution in [2.45, 2.75) is 83.3 Å². The molecule has 0 bridgehead atoms. The van der Waals surface area contributed by atoms with E-state index in [4.69, 9.17) is 4.74 Å². The molecule has 1 unspecified atom stereocenters. The predicted octanol–water partition coefficient (Wildman–Crippen LogP) is 7.63. The number of amides is 1. The van der Waals surface area contributed by atoms with Crippen LogP contribution in [0.4, 0.5) is 0 Å². The highest BCUT2D eigenvalue weighted by Gasteiger charge is 2.28. The van der Waals surface area contributed by atoms with E-state index in [2.05, 4.69) is 78.9 Å². The number of carbonyl (C=O) groups excluding carboxylic acids is 1. The molecule has 3 rings (SSSR count). The Hall–Kier alpha value is -3.27. The molecule has 37 heavy (non-hydrogen) atoms. The van der Waals surface area contributed by atoms with Gasteiger partial charge in [-0.15, -0.1) is 6.58 Å². The van der Waals surface area contributed by atoms with Gasteiger partial charge >= 0.3 is 0 Å². The average Bonchev–Trinajstić information content (AvgIpc) is 3.17. The van der Waals surface area contributed by atoms with E-state index in [9.17, 15) is 4.79 Å². The topological polar surface area (TPSA) is 50.4 Å². The molecule has 1 aliphatic carbocycles. The molecule has 2 aromatic carbocycles. The van der Waals surface area contributed by atoms with Crippen molar-refractivity contribution in [1.29, 1.82) is 0 Å². The maximum Gasteiger partial charge on any atom is 0.220 e. The molecule has 1 atom stereocenters. The number of hydrogen-bond acceptors (Lipinski definition) is 3. The molecule has 0 aliphatic heterocycles. The number of benzene rings is 2. The molecule has 2 aromatic rings. The summed E-state index contributed by atoms with van der Waals surface area (Å²) in [7, 11) is 0. The number of hydrogen-bond donors (Lipinski definition) is 2. The highest BCUT2D eigenvalue weighted by molar-refractivity contribution is 5.80. The molecule has 0 radical (unpaired) electrons. The van der Waals surface area contributed by atoms with Gasteiger partial charge in [-0.1, -0.05) is 66.8 Å². The first-order valence-corrected chi connectivity index (χ1v) is 13.6. The van der Waals surface area contributed by atoms with E-state index in [1.807, 2.05) is 26.8 Å². The minimum absolute atomic E-state index is 0.0235. The smallest absolute Gasteiger partial charge is 0.220 e. The number of rotatable bonds is 15. The molecule has 1 aliphatic rings. The third-order valence-corrected chi connectivity index (χ3v) is 6.79. The van der Waals surface area contributed by atoms with Crippen molar-refractivity contribution in [2.24, 2.45) is 0 Å². The molecule has 0 saturated carbocycles. The number of fused-ring (bicyclic) bond motifs is 3. The molecule has 2 N–H and O–H groups in total. The summed E-state index contributed by atoms with van der Waals surface area (Å²) in [6.45, 7) is 18.9. The Balaban J connectivity index is 1.52. The number of allylic oxidation sites excluding steroid dienone is 1. The summed E-state index contributed by atoms with van der Waals surface area (Å²) in [5, 5.41) is 6.54. The van der Waals surface area contributed by atoms with E-state index in [0.29, 0.717) is 12.3 Å². The normalized spacial score (nSPS) is 13.3. The van der Waals surface area contributed by atoms with Crippen LogP contribution in [0.5, 0.6) is 0 Å². The van der Waals surface area contributed by atoms with Crippen LogP contribution < -0.4 is 10.6 Å². The Morgan fingerprint density at radius 1 is 1.00 bits per heavy atom. The van der Waals surface area contributed by atoms with Gasteiger partial charge in [0.1, 0.15) is 5.60 Å². The van der Waals surface area contributed by atoms with Crippen LogP contribution in [0, 0.1) is 0 Å². The molecule has 4 heteroatoms. The van der Waals surface area contributed by atoms with Crippen LogP contribution in [-0.4, -0.2) is 24.1 Å². The van der Waals surface area contributed by atoms with Crippen LogP contribution in [0.3, 0.4) is 0 Å². The largest absolute Gasteiger partial charge is 0.474 e. The van der Waals surface area contributed by atoms with E-state index >= 15 is 0 Å². The van der Waals surface area contributed by atoms with Gasteiger partial charge in [-0.05, 0) is 88.1 Å². The van der Waals surface area contributed by atoms with Crippen molar-refractivity contribution in [3.63, 3.8) is 0 Å². The fraction of sp³-hybridized carbons (Fsp3) is 0.424. The number of carbonyl (C=O) groups is 1. The molecular formula is C33H44N2O2. The first kappa shape index (κ1) is 28.3. The Morgan fingerprint density at radius 2 is 1.62 bits per heavy atom. The molecule has 4 nitrogen and oxygen atoms in total. The molecule has 198 valence electrons. The van der Waals surface area contributed by atoms with Crippen LogP contribution in [-0.2, 0) is 9.53 Å². The van der Waals surface area contributed by atoms with Crippen LogP contribution in [0.25, 0.3) is 11.1 Å². The molecule has 0 fully saturated rings. The van der Waals surface area contributed by atoms with Gasteiger partial charge in [-0.2, -0.15) is 0 Å². The lowest BCUT2D eigenvalue weighted by molar-refractivity contribution is -0.121. The van der Waals surface area contributed by atoms with E-state index in [1.54, 1.807) is 0 Å². The second-order valence-electron chi connectivity index (χ2n) is 10.9. The van der Waals surface area contributed by atoms with Gasteiger partial charge in [0, 0.05) is 24.9 Å². The molecule has 0 aromatic heterocycles. The van der Waals surface area contributed by atoms with Gasteiger partial charge in [0.05, 0.1) is 0 Å². The van der Waals surface area contributed by atoms with E-state index < -0.39 is 0 Å². The zero-order valence-electron chi connectivity index (χ0n) is 22.9. The molecule has 0 spiro atoms. The Bertz CT molecular complexity index is 1050. The van der Waals surface area contributed by atoms with Gasteiger partial charge in [-0.3, -0.25) is 4.79 Å². The van der Waals surface area contributed by atoms with Crippen molar-refractivity contribution < 1.29 is 9.53 Å². The summed E-state index contributed by atoms with van der Waals surface area (Å²) >= 11 is 0. The summed E-state index contributed by atoms with van der Waals surface area (Å²) in [4.78, 5) is 13.1. The average molecular weight is 501 g/mol. The van der Waals surface area contributed by atoms with Crippen LogP contribution in [0.2, 0.25) is 0 Å². The maximum absolute atomic E-state index is 13.1. The highest BCUT2D eigenvalue weighted by atomic mass is 16.5. The standard InChI is InChI=1S/C33H44N2O2/c1-7-8-15-24(2)31(20-13-14-23-34-25(3)37-33(4,5)6)35-32(36)22-21-30-28-18-11-9-16-26(28)27-17-10-12-19-29(27)30/h7,9-12,16-19,30-31,34H,1-3,8,13-15,20-23H2,4-6H3,(H,35,36). The van der Waals surface area contributed by atoms with Gasteiger partial charge in [-0.25, -0.2) is 0 Å². The van der Waals surface area contributed by atoms with Gasteiger partial charge < -0.3 is 15.4 Å². The van der Waals surface area contributed by atoms with Crippen molar-refractivity contribution in [2.75, 3.05) is 6.54 Å². The number of unbranched alkanes of at least 4 members (excludes halogenated alkanes) is 1. The van der Waals surface area contributed by atoms with Crippen molar-refractivity contribution in [3.05, 3.63) is 96.9 Å². The van der Waals surface area contributed by atoms with Gasteiger partial charge in [0.25, 0.3) is 0 Å². The second kappa shape index (κ2) is 13.3. The third kappa shape index (κ3) is 8.38. The summed E-state index contributed by atoms with van der Waals surface area (Å²) in [6.07, 6.45) is 7.70. The predicted molar refractivity (Wildman–Crippen MR) is 155 cm³/mol. The molecular weight excluding hydrogens is 456 g/mol. The van der Waals surface area contributed by atoms with Gasteiger partial charge in [0.2, 0.25) is 5.91 Å². The van der Waals surface area contributed by atoms with E-state index in [0.717, 1.165) is 50.6 Å². The van der Waals surface area contributed by atoms with Crippen LogP contribution >= 0.6 is 0 Å². The minimum atomic E-state index is -0.259. The number of nitrogens with one attached hydrogen (secondary N) is 2. The molecule has 0 heterocycles. The molecule has 0 saturated heterocycles. The zero-order chi connectivity index (χ0) is 26.8. The number of ether oxygens (including phenoxy) is 1. The van der Waals surface area contributed by atoms with E-state index in [-0.39, 0.29) is 23.5 Å². The third-order valence-electron chi connectivity index (χ3n) is 6.79. The summed E-state index contributed by atoms with van der Waals surface area (Å²) in [5.41, 5.74) is 6.05. The monoisotopic (exact) mass is 500 g/mol. The van der Waals surface area contributed by atoms with E-state index in [1.165, 1.54) is 22.3 Å². The Labute approximate surface area is 223 Å². The first-order valence-electron chi connectivity index (χ1n) is 13.6. The van der Waals surface area contributed by atoms with Crippen molar-refractivity contribution in [3.8, 4) is 11.1 Å². The van der Waals surface area contributed by atoms with Crippen molar-refractivity contribution in [1.82, 2.24) is 10.6 Å². The summed E-state index contributed by atoms with van der Waals surface area (Å²) < 4.78 is 5.73. The second-order valence-corrected chi connectivity index (χ2v) is 10.9. The molecule has 1 amide bonds. The highest BCUT2D eigenvalue weighted by Crippen LogP contribution is 2.46. The van der Waals surface area contributed by atoms with Gasteiger partial charge in [0.15, 0.2) is 5.88 Å². The Morgan fingerprint density at radius 3 is 2.22 bits per heavy atom. The lowest BCUT2D eigenvalue weighted by atomic mass is 9.92. The lowest BCUT2D eigenvalue weighted by Gasteiger charge is -2.24. The lowest BCUT2D eigenvalue weighted by Crippen LogP contribution is -2.36. The SMILES string of the molecule is C=CCCC(=C)C(CCCCNC(=C)OC(C)(C)C)NC(=O)CCC1c2ccccc2-c2ccccc21. The summed E-state index contributed by atoms with van der Waals surface area (Å²) in [5.74, 6) is 0.953.